The standard InChI is InChI=1S/C22H22BN3O2/c1-2-13-7-8-14(11-18(13)23(27)28)22-16-6-4-3-5-15(16)21-17-12-24-26-19(17)9-10-20(21)25-22/h7-12,27-28H,2-6H2,1H3,(H,24,26). The second-order valence-electron chi connectivity index (χ2n) is 7.56. The molecule has 0 spiro atoms. The molecule has 4 aromatic rings. The molecule has 0 saturated carbocycles. The first-order chi connectivity index (χ1) is 13.7. The molecule has 5 nitrogen and oxygen atoms in total. The Morgan fingerprint density at radius 3 is 2.68 bits per heavy atom. The van der Waals surface area contributed by atoms with Crippen molar-refractivity contribution < 1.29 is 10.0 Å². The number of aryl methyl sites for hydroxylation is 2. The molecule has 0 atom stereocenters. The molecule has 3 N–H and O–H groups in total. The maximum absolute atomic E-state index is 9.84. The van der Waals surface area contributed by atoms with E-state index in [1.807, 2.05) is 31.3 Å². The van der Waals surface area contributed by atoms with Crippen LogP contribution in [0.25, 0.3) is 33.1 Å². The van der Waals surface area contributed by atoms with Crippen molar-refractivity contribution in [3.05, 3.63) is 53.2 Å². The Bertz CT molecular complexity index is 1200. The van der Waals surface area contributed by atoms with E-state index < -0.39 is 7.12 Å². The second-order valence-corrected chi connectivity index (χ2v) is 7.56. The number of hydrogen-bond acceptors (Lipinski definition) is 4. The van der Waals surface area contributed by atoms with E-state index >= 15 is 0 Å². The smallest absolute Gasteiger partial charge is 0.423 e. The predicted octanol–water partition coefficient (Wildman–Crippen LogP) is 2.90. The number of H-pyrrole nitrogens is 1. The summed E-state index contributed by atoms with van der Waals surface area (Å²) in [5.41, 5.74) is 8.09. The number of rotatable bonds is 3. The van der Waals surface area contributed by atoms with Gasteiger partial charge in [-0.1, -0.05) is 25.1 Å². The van der Waals surface area contributed by atoms with E-state index in [1.54, 1.807) is 0 Å². The van der Waals surface area contributed by atoms with Gasteiger partial charge in [0.05, 0.1) is 22.9 Å². The Morgan fingerprint density at radius 2 is 1.89 bits per heavy atom. The van der Waals surface area contributed by atoms with Gasteiger partial charge >= 0.3 is 7.12 Å². The maximum Gasteiger partial charge on any atom is 0.488 e. The van der Waals surface area contributed by atoms with Crippen molar-refractivity contribution in [1.29, 1.82) is 0 Å². The molecular formula is C22H22BN3O2. The molecule has 0 amide bonds. The van der Waals surface area contributed by atoms with Crippen LogP contribution in [0.15, 0.2) is 36.5 Å². The molecule has 0 aliphatic heterocycles. The highest BCUT2D eigenvalue weighted by Crippen LogP contribution is 2.37. The quantitative estimate of drug-likeness (QED) is 0.484. The monoisotopic (exact) mass is 371 g/mol. The number of hydrogen-bond donors (Lipinski definition) is 3. The van der Waals surface area contributed by atoms with E-state index in [9.17, 15) is 10.0 Å². The van der Waals surface area contributed by atoms with Gasteiger partial charge in [-0.2, -0.15) is 5.10 Å². The molecule has 5 rings (SSSR count). The third-order valence-electron chi connectivity index (χ3n) is 5.97. The Labute approximate surface area is 163 Å². The molecule has 2 aromatic heterocycles. The van der Waals surface area contributed by atoms with Crippen molar-refractivity contribution in [3.8, 4) is 11.3 Å². The zero-order valence-electron chi connectivity index (χ0n) is 15.9. The van der Waals surface area contributed by atoms with Gasteiger partial charge in [-0.15, -0.1) is 0 Å². The molecule has 140 valence electrons. The normalized spacial score (nSPS) is 13.8. The fourth-order valence-corrected chi connectivity index (χ4v) is 4.59. The molecule has 0 saturated heterocycles. The van der Waals surface area contributed by atoms with Crippen LogP contribution in [0.4, 0.5) is 0 Å². The van der Waals surface area contributed by atoms with Crippen LogP contribution in [0.3, 0.4) is 0 Å². The summed E-state index contributed by atoms with van der Waals surface area (Å²) in [6.07, 6.45) is 7.01. The first-order valence-corrected chi connectivity index (χ1v) is 9.94. The van der Waals surface area contributed by atoms with Gasteiger partial charge < -0.3 is 10.0 Å². The average Bonchev–Trinajstić information content (AvgIpc) is 3.21. The van der Waals surface area contributed by atoms with Gasteiger partial charge in [0.2, 0.25) is 0 Å². The molecule has 28 heavy (non-hydrogen) atoms. The Kier molecular flexibility index (Phi) is 4.18. The number of aromatic nitrogens is 3. The molecule has 1 aliphatic carbocycles. The minimum Gasteiger partial charge on any atom is -0.423 e. The molecule has 2 heterocycles. The van der Waals surface area contributed by atoms with Crippen molar-refractivity contribution in [2.75, 3.05) is 0 Å². The number of aromatic amines is 1. The van der Waals surface area contributed by atoms with Gasteiger partial charge in [0, 0.05) is 16.3 Å². The highest BCUT2D eigenvalue weighted by molar-refractivity contribution is 6.59. The van der Waals surface area contributed by atoms with Crippen molar-refractivity contribution in [2.45, 2.75) is 39.0 Å². The third-order valence-corrected chi connectivity index (χ3v) is 5.97. The van der Waals surface area contributed by atoms with Gasteiger partial charge in [0.25, 0.3) is 0 Å². The fourth-order valence-electron chi connectivity index (χ4n) is 4.59. The summed E-state index contributed by atoms with van der Waals surface area (Å²) in [5.74, 6) is 0. The van der Waals surface area contributed by atoms with E-state index in [-0.39, 0.29) is 0 Å². The lowest BCUT2D eigenvalue weighted by molar-refractivity contribution is 0.425. The summed E-state index contributed by atoms with van der Waals surface area (Å²) in [7, 11) is -1.48. The highest BCUT2D eigenvalue weighted by atomic mass is 16.4. The zero-order chi connectivity index (χ0) is 19.3. The van der Waals surface area contributed by atoms with Gasteiger partial charge in [-0.25, -0.2) is 4.98 Å². The van der Waals surface area contributed by atoms with E-state index in [0.29, 0.717) is 5.46 Å². The van der Waals surface area contributed by atoms with Crippen molar-refractivity contribution in [3.63, 3.8) is 0 Å². The summed E-state index contributed by atoms with van der Waals surface area (Å²) in [6.45, 7) is 2.02. The minimum atomic E-state index is -1.48. The van der Waals surface area contributed by atoms with Gasteiger partial charge in [-0.05, 0) is 66.4 Å². The van der Waals surface area contributed by atoms with Crippen LogP contribution in [0, 0.1) is 0 Å². The van der Waals surface area contributed by atoms with E-state index in [0.717, 1.165) is 58.9 Å². The summed E-state index contributed by atoms with van der Waals surface area (Å²) < 4.78 is 0. The first kappa shape index (κ1) is 17.4. The maximum atomic E-state index is 9.84. The summed E-state index contributed by atoms with van der Waals surface area (Å²) in [5, 5.41) is 29.3. The molecule has 2 aromatic carbocycles. The van der Waals surface area contributed by atoms with Crippen LogP contribution in [0.5, 0.6) is 0 Å². The Hall–Kier alpha value is -2.70. The van der Waals surface area contributed by atoms with Crippen molar-refractivity contribution in [1.82, 2.24) is 15.2 Å². The molecule has 1 aliphatic rings. The SMILES string of the molecule is CCc1ccc(-c2nc3ccc4[nH]ncc4c3c3c2CCCC3)cc1B(O)O. The number of nitrogens with zero attached hydrogens (tertiary/aromatic N) is 2. The largest absolute Gasteiger partial charge is 0.488 e. The van der Waals surface area contributed by atoms with Crippen LogP contribution in [0.2, 0.25) is 0 Å². The number of benzene rings is 2. The number of pyridine rings is 1. The molecule has 0 bridgehead atoms. The highest BCUT2D eigenvalue weighted by Gasteiger charge is 2.23. The van der Waals surface area contributed by atoms with E-state index in [4.69, 9.17) is 4.98 Å². The molecule has 6 heteroatoms. The molecular weight excluding hydrogens is 349 g/mol. The Morgan fingerprint density at radius 1 is 1.07 bits per heavy atom. The zero-order valence-corrected chi connectivity index (χ0v) is 15.9. The van der Waals surface area contributed by atoms with Crippen molar-refractivity contribution in [2.24, 2.45) is 0 Å². The Balaban J connectivity index is 1.81. The van der Waals surface area contributed by atoms with Gasteiger partial charge in [0.15, 0.2) is 0 Å². The van der Waals surface area contributed by atoms with Crippen molar-refractivity contribution >= 4 is 34.4 Å². The third kappa shape index (κ3) is 2.64. The summed E-state index contributed by atoms with van der Waals surface area (Å²) in [4.78, 5) is 5.04. The number of fused-ring (bicyclic) bond motifs is 5. The molecule has 0 radical (unpaired) electrons. The number of nitrogens with one attached hydrogen (secondary N) is 1. The fraction of sp³-hybridized carbons (Fsp3) is 0.273. The topological polar surface area (TPSA) is 82.0 Å². The van der Waals surface area contributed by atoms with E-state index in [2.05, 4.69) is 22.3 Å². The van der Waals surface area contributed by atoms with Crippen LogP contribution in [-0.2, 0) is 19.3 Å². The minimum absolute atomic E-state index is 0.566. The summed E-state index contributed by atoms with van der Waals surface area (Å²) >= 11 is 0. The van der Waals surface area contributed by atoms with Crippen LogP contribution < -0.4 is 5.46 Å². The molecule has 0 fully saturated rings. The van der Waals surface area contributed by atoms with Crippen LogP contribution >= 0.6 is 0 Å². The lowest BCUT2D eigenvalue weighted by atomic mass is 9.75. The lowest BCUT2D eigenvalue weighted by Crippen LogP contribution is -2.33. The van der Waals surface area contributed by atoms with Crippen LogP contribution in [0.1, 0.15) is 36.5 Å². The average molecular weight is 371 g/mol. The van der Waals surface area contributed by atoms with Gasteiger partial charge in [0.1, 0.15) is 0 Å². The molecule has 0 unspecified atom stereocenters. The lowest BCUT2D eigenvalue weighted by Gasteiger charge is -2.22. The predicted molar refractivity (Wildman–Crippen MR) is 113 cm³/mol. The summed E-state index contributed by atoms with van der Waals surface area (Å²) in [6, 6.07) is 10.0. The van der Waals surface area contributed by atoms with Crippen LogP contribution in [-0.4, -0.2) is 32.3 Å². The van der Waals surface area contributed by atoms with E-state index in [1.165, 1.54) is 22.9 Å². The van der Waals surface area contributed by atoms with Gasteiger partial charge in [-0.3, -0.25) is 5.10 Å². The first-order valence-electron chi connectivity index (χ1n) is 9.94. The second kappa shape index (κ2) is 6.72.